The van der Waals surface area contributed by atoms with E-state index in [9.17, 15) is 4.79 Å². The average molecular weight is 249 g/mol. The Morgan fingerprint density at radius 3 is 2.50 bits per heavy atom. The highest BCUT2D eigenvalue weighted by Crippen LogP contribution is 2.22. The Labute approximate surface area is 109 Å². The second kappa shape index (κ2) is 6.01. The highest BCUT2D eigenvalue weighted by atomic mass is 16.5. The molecule has 0 unspecified atom stereocenters. The van der Waals surface area contributed by atoms with Crippen LogP contribution in [-0.2, 0) is 0 Å². The summed E-state index contributed by atoms with van der Waals surface area (Å²) in [5.41, 5.74) is 6.23. The number of nitrogens with two attached hydrogens (primary N) is 1. The molecule has 1 aromatic rings. The van der Waals surface area contributed by atoms with Gasteiger partial charge in [-0.1, -0.05) is 12.1 Å². The molecule has 0 aliphatic rings. The summed E-state index contributed by atoms with van der Waals surface area (Å²) in [4.78, 5) is 12.2. The van der Waals surface area contributed by atoms with Gasteiger partial charge in [-0.05, 0) is 46.2 Å². The fourth-order valence-electron chi connectivity index (χ4n) is 1.62. The maximum atomic E-state index is 12.2. The van der Waals surface area contributed by atoms with Crippen LogP contribution in [0.1, 0.15) is 50.9 Å². The molecule has 0 spiro atoms. The first-order chi connectivity index (χ1) is 8.29. The molecule has 0 atom stereocenters. The molecular formula is C15H23NO2. The minimum absolute atomic E-state index is 0.0601. The predicted octanol–water partition coefficient (Wildman–Crippen LogP) is 3.17. The van der Waals surface area contributed by atoms with E-state index in [0.29, 0.717) is 24.2 Å². The summed E-state index contributed by atoms with van der Waals surface area (Å²) in [5, 5.41) is 0. The topological polar surface area (TPSA) is 52.3 Å². The van der Waals surface area contributed by atoms with Crippen molar-refractivity contribution in [2.45, 2.75) is 52.2 Å². The fraction of sp³-hybridized carbons (Fsp3) is 0.533. The first-order valence-electron chi connectivity index (χ1n) is 6.37. The molecule has 0 aromatic heterocycles. The molecule has 0 amide bonds. The number of ether oxygens (including phenoxy) is 1. The van der Waals surface area contributed by atoms with Crippen molar-refractivity contribution in [3.63, 3.8) is 0 Å². The van der Waals surface area contributed by atoms with Crippen molar-refractivity contribution in [3.8, 4) is 5.75 Å². The molecule has 1 rings (SSSR count). The molecule has 2 N–H and O–H groups in total. The van der Waals surface area contributed by atoms with Gasteiger partial charge in [-0.2, -0.15) is 0 Å². The van der Waals surface area contributed by atoms with Gasteiger partial charge >= 0.3 is 0 Å². The predicted molar refractivity (Wildman–Crippen MR) is 74.0 cm³/mol. The summed E-state index contributed by atoms with van der Waals surface area (Å²) >= 11 is 0. The van der Waals surface area contributed by atoms with Gasteiger partial charge in [0.2, 0.25) is 0 Å². The fourth-order valence-corrected chi connectivity index (χ4v) is 1.62. The van der Waals surface area contributed by atoms with Gasteiger partial charge in [0.1, 0.15) is 5.75 Å². The number of carbonyl (C=O) groups is 1. The standard InChI is InChI=1S/C15H23NO2/c1-11(2)18-14-8-6-5-7-12(14)13(17)9-10-15(3,4)16/h5-8,11H,9-10,16H2,1-4H3. The lowest BCUT2D eigenvalue weighted by atomic mass is 9.95. The second-order valence-electron chi connectivity index (χ2n) is 5.57. The number of para-hydroxylation sites is 1. The van der Waals surface area contributed by atoms with Crippen molar-refractivity contribution >= 4 is 5.78 Å². The zero-order valence-corrected chi connectivity index (χ0v) is 11.7. The molecule has 0 saturated carbocycles. The Balaban J connectivity index is 2.79. The number of hydrogen-bond acceptors (Lipinski definition) is 3. The summed E-state index contributed by atoms with van der Waals surface area (Å²) in [6, 6.07) is 7.37. The minimum Gasteiger partial charge on any atom is -0.490 e. The van der Waals surface area contributed by atoms with Crippen LogP contribution in [0.25, 0.3) is 0 Å². The maximum absolute atomic E-state index is 12.2. The highest BCUT2D eigenvalue weighted by molar-refractivity contribution is 5.98. The summed E-state index contributed by atoms with van der Waals surface area (Å²) < 4.78 is 5.65. The van der Waals surface area contributed by atoms with Gasteiger partial charge < -0.3 is 10.5 Å². The van der Waals surface area contributed by atoms with Gasteiger partial charge in [0.05, 0.1) is 11.7 Å². The van der Waals surface area contributed by atoms with E-state index in [2.05, 4.69) is 0 Å². The van der Waals surface area contributed by atoms with E-state index in [1.165, 1.54) is 0 Å². The van der Waals surface area contributed by atoms with E-state index in [1.54, 1.807) is 0 Å². The molecule has 0 radical (unpaired) electrons. The van der Waals surface area contributed by atoms with Crippen LogP contribution in [0.3, 0.4) is 0 Å². The monoisotopic (exact) mass is 249 g/mol. The van der Waals surface area contributed by atoms with E-state index in [0.717, 1.165) is 0 Å². The van der Waals surface area contributed by atoms with Gasteiger partial charge in [0.25, 0.3) is 0 Å². The lowest BCUT2D eigenvalue weighted by molar-refractivity contribution is 0.0967. The average Bonchev–Trinajstić information content (AvgIpc) is 2.25. The van der Waals surface area contributed by atoms with Crippen molar-refractivity contribution in [2.75, 3.05) is 0 Å². The number of Topliss-reactive ketones (excluding diaryl/α,β-unsaturated/α-hetero) is 1. The Bertz CT molecular complexity index is 405. The van der Waals surface area contributed by atoms with Crippen molar-refractivity contribution in [3.05, 3.63) is 29.8 Å². The number of rotatable bonds is 6. The first kappa shape index (κ1) is 14.7. The third-order valence-electron chi connectivity index (χ3n) is 2.55. The minimum atomic E-state index is -0.316. The van der Waals surface area contributed by atoms with Gasteiger partial charge in [-0.25, -0.2) is 0 Å². The van der Waals surface area contributed by atoms with E-state index in [4.69, 9.17) is 10.5 Å². The summed E-state index contributed by atoms with van der Waals surface area (Å²) in [6.07, 6.45) is 1.17. The van der Waals surface area contributed by atoms with E-state index >= 15 is 0 Å². The summed E-state index contributed by atoms with van der Waals surface area (Å²) in [7, 11) is 0. The smallest absolute Gasteiger partial charge is 0.166 e. The Morgan fingerprint density at radius 1 is 1.33 bits per heavy atom. The molecule has 0 aliphatic carbocycles. The quantitative estimate of drug-likeness (QED) is 0.788. The van der Waals surface area contributed by atoms with Crippen LogP contribution in [0, 0.1) is 0 Å². The first-order valence-corrected chi connectivity index (χ1v) is 6.37. The molecule has 0 fully saturated rings. The molecule has 18 heavy (non-hydrogen) atoms. The molecule has 0 aliphatic heterocycles. The number of ketones is 1. The molecule has 1 aromatic carbocycles. The van der Waals surface area contributed by atoms with Gasteiger partial charge in [-0.3, -0.25) is 4.79 Å². The molecule has 0 bridgehead atoms. The van der Waals surface area contributed by atoms with Crippen LogP contribution >= 0.6 is 0 Å². The van der Waals surface area contributed by atoms with Crippen LogP contribution in [-0.4, -0.2) is 17.4 Å². The molecule has 0 heterocycles. The third kappa shape index (κ3) is 4.88. The number of carbonyl (C=O) groups excluding carboxylic acids is 1. The van der Waals surface area contributed by atoms with E-state index in [-0.39, 0.29) is 17.4 Å². The number of benzene rings is 1. The second-order valence-corrected chi connectivity index (χ2v) is 5.57. The number of hydrogen-bond donors (Lipinski definition) is 1. The maximum Gasteiger partial charge on any atom is 0.166 e. The zero-order chi connectivity index (χ0) is 13.8. The van der Waals surface area contributed by atoms with Gasteiger partial charge in [-0.15, -0.1) is 0 Å². The summed E-state index contributed by atoms with van der Waals surface area (Å²) in [6.45, 7) is 7.75. The molecule has 100 valence electrons. The van der Waals surface area contributed by atoms with Gasteiger partial charge in [0, 0.05) is 12.0 Å². The lowest BCUT2D eigenvalue weighted by Crippen LogP contribution is -2.32. The Hall–Kier alpha value is -1.35. The van der Waals surface area contributed by atoms with Crippen molar-refractivity contribution in [1.82, 2.24) is 0 Å². The van der Waals surface area contributed by atoms with Crippen LogP contribution in [0.5, 0.6) is 5.75 Å². The third-order valence-corrected chi connectivity index (χ3v) is 2.55. The Morgan fingerprint density at radius 2 is 1.94 bits per heavy atom. The molecule has 0 saturated heterocycles. The van der Waals surface area contributed by atoms with E-state index in [1.807, 2.05) is 52.0 Å². The van der Waals surface area contributed by atoms with Crippen molar-refractivity contribution in [1.29, 1.82) is 0 Å². The van der Waals surface area contributed by atoms with Crippen LogP contribution in [0.4, 0.5) is 0 Å². The lowest BCUT2D eigenvalue weighted by Gasteiger charge is -2.18. The molecule has 3 heteroatoms. The largest absolute Gasteiger partial charge is 0.490 e. The summed E-state index contributed by atoms with van der Waals surface area (Å²) in [5.74, 6) is 0.747. The Kier molecular flexibility index (Phi) is 4.91. The van der Waals surface area contributed by atoms with Crippen LogP contribution in [0.15, 0.2) is 24.3 Å². The highest BCUT2D eigenvalue weighted by Gasteiger charge is 2.17. The van der Waals surface area contributed by atoms with Crippen molar-refractivity contribution < 1.29 is 9.53 Å². The SMILES string of the molecule is CC(C)Oc1ccccc1C(=O)CCC(C)(C)N. The van der Waals surface area contributed by atoms with Gasteiger partial charge in [0.15, 0.2) is 5.78 Å². The molecule has 3 nitrogen and oxygen atoms in total. The van der Waals surface area contributed by atoms with Crippen LogP contribution < -0.4 is 10.5 Å². The normalized spacial score (nSPS) is 11.7. The zero-order valence-electron chi connectivity index (χ0n) is 11.7. The van der Waals surface area contributed by atoms with Crippen LogP contribution in [0.2, 0.25) is 0 Å². The molecular weight excluding hydrogens is 226 g/mol. The van der Waals surface area contributed by atoms with Crippen molar-refractivity contribution in [2.24, 2.45) is 5.73 Å². The van der Waals surface area contributed by atoms with E-state index < -0.39 is 0 Å².